The van der Waals surface area contributed by atoms with E-state index in [0.717, 1.165) is 11.6 Å². The van der Waals surface area contributed by atoms with Crippen LogP contribution in [0.15, 0.2) is 30.3 Å². The van der Waals surface area contributed by atoms with Crippen molar-refractivity contribution in [3.8, 4) is 0 Å². The molecule has 0 radical (unpaired) electrons. The SMILES string of the molecule is Cc1ccc(C(Br)c2cc(F)c(F)cc2F)c(Cl)c1. The molecule has 0 saturated heterocycles. The van der Waals surface area contributed by atoms with Gasteiger partial charge in [-0.2, -0.15) is 0 Å². The predicted molar refractivity (Wildman–Crippen MR) is 73.3 cm³/mol. The molecule has 2 aromatic carbocycles. The molecule has 0 fully saturated rings. The van der Waals surface area contributed by atoms with Crippen LogP contribution < -0.4 is 0 Å². The second kappa shape index (κ2) is 5.55. The zero-order valence-corrected chi connectivity index (χ0v) is 12.2. The molecule has 0 N–H and O–H groups in total. The summed E-state index contributed by atoms with van der Waals surface area (Å²) in [6, 6.07) is 6.62. The van der Waals surface area contributed by atoms with Crippen molar-refractivity contribution in [1.29, 1.82) is 0 Å². The molecule has 0 nitrogen and oxygen atoms in total. The van der Waals surface area contributed by atoms with Crippen LogP contribution in [0.4, 0.5) is 13.2 Å². The summed E-state index contributed by atoms with van der Waals surface area (Å²) in [5.74, 6) is -3.13. The second-order valence-electron chi connectivity index (χ2n) is 4.18. The summed E-state index contributed by atoms with van der Waals surface area (Å²) in [4.78, 5) is -0.643. The number of hydrogen-bond donors (Lipinski definition) is 0. The highest BCUT2D eigenvalue weighted by Gasteiger charge is 2.20. The molecular formula is C14H9BrClF3. The van der Waals surface area contributed by atoms with Gasteiger partial charge in [0.05, 0.1) is 4.83 Å². The van der Waals surface area contributed by atoms with Crippen LogP contribution in [0.1, 0.15) is 21.5 Å². The van der Waals surface area contributed by atoms with Gasteiger partial charge in [0.25, 0.3) is 0 Å². The summed E-state index contributed by atoms with van der Waals surface area (Å²) in [5.41, 5.74) is 1.56. The van der Waals surface area contributed by atoms with Crippen LogP contribution in [0, 0.1) is 24.4 Å². The van der Waals surface area contributed by atoms with Crippen LogP contribution in [0.5, 0.6) is 0 Å². The predicted octanol–water partition coefficient (Wildman–Crippen LogP) is 5.55. The molecule has 2 aromatic rings. The van der Waals surface area contributed by atoms with Crippen LogP contribution in [0.2, 0.25) is 5.02 Å². The average Bonchev–Trinajstić information content (AvgIpc) is 2.33. The Labute approximate surface area is 122 Å². The van der Waals surface area contributed by atoms with Gasteiger partial charge in [-0.05, 0) is 30.2 Å². The van der Waals surface area contributed by atoms with E-state index in [-0.39, 0.29) is 5.56 Å². The van der Waals surface area contributed by atoms with Crippen LogP contribution in [0.3, 0.4) is 0 Å². The minimum atomic E-state index is -1.21. The highest BCUT2D eigenvalue weighted by atomic mass is 79.9. The molecule has 0 aliphatic heterocycles. The molecule has 2 rings (SSSR count). The highest BCUT2D eigenvalue weighted by molar-refractivity contribution is 9.09. The minimum absolute atomic E-state index is 0.00431. The number of alkyl halides is 1. The molecule has 0 saturated carbocycles. The molecule has 0 aromatic heterocycles. The highest BCUT2D eigenvalue weighted by Crippen LogP contribution is 2.37. The first-order valence-electron chi connectivity index (χ1n) is 5.44. The van der Waals surface area contributed by atoms with Gasteiger partial charge in [0.15, 0.2) is 11.6 Å². The third-order valence-corrected chi connectivity index (χ3v) is 4.06. The van der Waals surface area contributed by atoms with Gasteiger partial charge in [-0.1, -0.05) is 39.7 Å². The van der Waals surface area contributed by atoms with Crippen molar-refractivity contribution < 1.29 is 13.2 Å². The zero-order chi connectivity index (χ0) is 14.2. The zero-order valence-electron chi connectivity index (χ0n) is 9.85. The van der Waals surface area contributed by atoms with E-state index in [0.29, 0.717) is 16.7 Å². The Morgan fingerprint density at radius 1 is 0.947 bits per heavy atom. The van der Waals surface area contributed by atoms with Crippen molar-refractivity contribution in [2.24, 2.45) is 0 Å². The number of benzene rings is 2. The largest absolute Gasteiger partial charge is 0.207 e. The van der Waals surface area contributed by atoms with Crippen LogP contribution >= 0.6 is 27.5 Å². The van der Waals surface area contributed by atoms with Crippen LogP contribution in [0.25, 0.3) is 0 Å². The number of halogens is 5. The maximum absolute atomic E-state index is 13.7. The first kappa shape index (κ1) is 14.4. The van der Waals surface area contributed by atoms with Crippen molar-refractivity contribution in [3.05, 3.63) is 69.5 Å². The van der Waals surface area contributed by atoms with Crippen LogP contribution in [-0.2, 0) is 0 Å². The third-order valence-electron chi connectivity index (χ3n) is 2.74. The van der Waals surface area contributed by atoms with E-state index in [1.54, 1.807) is 12.1 Å². The van der Waals surface area contributed by atoms with Gasteiger partial charge in [-0.15, -0.1) is 0 Å². The van der Waals surface area contributed by atoms with Gasteiger partial charge < -0.3 is 0 Å². The van der Waals surface area contributed by atoms with Crippen molar-refractivity contribution >= 4 is 27.5 Å². The summed E-state index contributed by atoms with van der Waals surface area (Å²) < 4.78 is 39.8. The molecule has 0 spiro atoms. The fourth-order valence-electron chi connectivity index (χ4n) is 1.74. The molecular weight excluding hydrogens is 341 g/mol. The topological polar surface area (TPSA) is 0 Å². The molecule has 0 bridgehead atoms. The molecule has 0 aliphatic rings. The monoisotopic (exact) mass is 348 g/mol. The minimum Gasteiger partial charge on any atom is -0.207 e. The molecule has 1 atom stereocenters. The van der Waals surface area contributed by atoms with Crippen molar-refractivity contribution in [2.45, 2.75) is 11.8 Å². The Hall–Kier alpha value is -1.00. The van der Waals surface area contributed by atoms with E-state index in [1.807, 2.05) is 13.0 Å². The van der Waals surface area contributed by atoms with Crippen molar-refractivity contribution in [1.82, 2.24) is 0 Å². The van der Waals surface area contributed by atoms with E-state index in [1.165, 1.54) is 0 Å². The van der Waals surface area contributed by atoms with Gasteiger partial charge >= 0.3 is 0 Å². The van der Waals surface area contributed by atoms with E-state index in [2.05, 4.69) is 15.9 Å². The smallest absolute Gasteiger partial charge is 0.161 e. The van der Waals surface area contributed by atoms with E-state index >= 15 is 0 Å². The average molecular weight is 350 g/mol. The first-order valence-corrected chi connectivity index (χ1v) is 6.74. The summed E-state index contributed by atoms with van der Waals surface area (Å²) in [6.45, 7) is 1.87. The van der Waals surface area contributed by atoms with E-state index < -0.39 is 22.3 Å². The third kappa shape index (κ3) is 2.95. The molecule has 0 amide bonds. The van der Waals surface area contributed by atoms with Gasteiger partial charge in [0.2, 0.25) is 0 Å². The maximum atomic E-state index is 13.7. The number of rotatable bonds is 2. The van der Waals surface area contributed by atoms with Crippen LogP contribution in [-0.4, -0.2) is 0 Å². The normalized spacial score (nSPS) is 12.5. The van der Waals surface area contributed by atoms with Gasteiger partial charge in [-0.25, -0.2) is 13.2 Å². The molecule has 1 unspecified atom stereocenters. The number of hydrogen-bond acceptors (Lipinski definition) is 0. The molecule has 5 heteroatoms. The van der Waals surface area contributed by atoms with Gasteiger partial charge in [-0.3, -0.25) is 0 Å². The summed E-state index contributed by atoms with van der Waals surface area (Å²) >= 11 is 9.34. The van der Waals surface area contributed by atoms with Crippen molar-refractivity contribution in [3.63, 3.8) is 0 Å². The Bertz CT molecular complexity index is 628. The van der Waals surface area contributed by atoms with E-state index in [9.17, 15) is 13.2 Å². The lowest BCUT2D eigenvalue weighted by atomic mass is 10.0. The quantitative estimate of drug-likeness (QED) is 0.492. The molecule has 0 aliphatic carbocycles. The van der Waals surface area contributed by atoms with Gasteiger partial charge in [0, 0.05) is 16.7 Å². The fourth-order valence-corrected chi connectivity index (χ4v) is 2.96. The van der Waals surface area contributed by atoms with Crippen molar-refractivity contribution in [2.75, 3.05) is 0 Å². The number of aryl methyl sites for hydroxylation is 1. The summed E-state index contributed by atoms with van der Waals surface area (Å²) in [5, 5.41) is 0.436. The first-order chi connectivity index (χ1) is 8.90. The summed E-state index contributed by atoms with van der Waals surface area (Å²) in [7, 11) is 0. The summed E-state index contributed by atoms with van der Waals surface area (Å²) in [6.07, 6.45) is 0. The Kier molecular flexibility index (Phi) is 4.21. The lowest BCUT2D eigenvalue weighted by Crippen LogP contribution is -2.00. The maximum Gasteiger partial charge on any atom is 0.161 e. The van der Waals surface area contributed by atoms with E-state index in [4.69, 9.17) is 11.6 Å². The second-order valence-corrected chi connectivity index (χ2v) is 5.50. The van der Waals surface area contributed by atoms with Gasteiger partial charge in [0.1, 0.15) is 5.82 Å². The molecule has 100 valence electrons. The molecule has 0 heterocycles. The standard InChI is InChI=1S/C14H9BrClF3/c1-7-2-3-8(10(16)4-7)14(15)9-5-12(18)13(19)6-11(9)17/h2-6,14H,1H3. The lowest BCUT2D eigenvalue weighted by molar-refractivity contribution is 0.491. The Morgan fingerprint density at radius 2 is 1.58 bits per heavy atom. The Morgan fingerprint density at radius 3 is 2.21 bits per heavy atom. The molecule has 19 heavy (non-hydrogen) atoms. The fraction of sp³-hybridized carbons (Fsp3) is 0.143. The lowest BCUT2D eigenvalue weighted by Gasteiger charge is -2.14. The Balaban J connectivity index is 2.49.